The average molecular weight is 427 g/mol. The van der Waals surface area contributed by atoms with Crippen molar-refractivity contribution < 1.29 is 14.3 Å². The van der Waals surface area contributed by atoms with Gasteiger partial charge in [-0.05, 0) is 74.2 Å². The number of carbonyl (C=O) groups is 2. The van der Waals surface area contributed by atoms with Crippen LogP contribution in [0.4, 0.5) is 11.4 Å². The van der Waals surface area contributed by atoms with Crippen molar-refractivity contribution in [3.8, 4) is 5.75 Å². The summed E-state index contributed by atoms with van der Waals surface area (Å²) in [7, 11) is 0. The molecule has 0 saturated carbocycles. The van der Waals surface area contributed by atoms with Crippen molar-refractivity contribution in [1.82, 2.24) is 0 Å². The highest BCUT2D eigenvalue weighted by Gasteiger charge is 2.41. The molecule has 0 unspecified atom stereocenters. The summed E-state index contributed by atoms with van der Waals surface area (Å²) in [5, 5.41) is 3.25. The molecule has 3 aromatic carbocycles. The minimum Gasteiger partial charge on any atom is -0.494 e. The first-order valence-electron chi connectivity index (χ1n) is 10.7. The van der Waals surface area contributed by atoms with Crippen molar-refractivity contribution in [3.63, 3.8) is 0 Å². The number of imide groups is 1. The zero-order chi connectivity index (χ0) is 22.8. The quantitative estimate of drug-likeness (QED) is 0.536. The number of hydrogen-bond donors (Lipinski definition) is 1. The molecule has 1 aliphatic heterocycles. The fraction of sp³-hybridized carbons (Fsp3) is 0.185. The van der Waals surface area contributed by atoms with Crippen molar-refractivity contribution in [3.05, 3.63) is 94.7 Å². The van der Waals surface area contributed by atoms with Gasteiger partial charge in [-0.25, -0.2) is 4.90 Å². The van der Waals surface area contributed by atoms with Gasteiger partial charge in [-0.2, -0.15) is 0 Å². The summed E-state index contributed by atoms with van der Waals surface area (Å²) >= 11 is 0. The van der Waals surface area contributed by atoms with Crippen LogP contribution in [0, 0.1) is 20.8 Å². The van der Waals surface area contributed by atoms with Gasteiger partial charge >= 0.3 is 0 Å². The van der Waals surface area contributed by atoms with Crippen LogP contribution >= 0.6 is 0 Å². The van der Waals surface area contributed by atoms with Crippen molar-refractivity contribution in [2.75, 3.05) is 16.8 Å². The van der Waals surface area contributed by atoms with E-state index in [0.717, 1.165) is 22.4 Å². The molecule has 0 bridgehead atoms. The minimum absolute atomic E-state index is 0.273. The van der Waals surface area contributed by atoms with Gasteiger partial charge in [-0.15, -0.1) is 0 Å². The number of benzene rings is 3. The molecule has 4 rings (SSSR count). The summed E-state index contributed by atoms with van der Waals surface area (Å²) < 4.78 is 5.54. The van der Waals surface area contributed by atoms with Crippen molar-refractivity contribution >= 4 is 28.8 Å². The van der Waals surface area contributed by atoms with Gasteiger partial charge in [0.2, 0.25) is 0 Å². The topological polar surface area (TPSA) is 58.6 Å². The van der Waals surface area contributed by atoms with E-state index in [9.17, 15) is 9.59 Å². The molecule has 0 fully saturated rings. The normalized spacial score (nSPS) is 13.7. The molecule has 3 aromatic rings. The average Bonchev–Trinajstić information content (AvgIpc) is 3.02. The molecular formula is C27H26N2O3. The van der Waals surface area contributed by atoms with Crippen LogP contribution in [0.5, 0.6) is 5.75 Å². The number of hydrogen-bond acceptors (Lipinski definition) is 4. The first kappa shape index (κ1) is 21.4. The van der Waals surface area contributed by atoms with Crippen molar-refractivity contribution in [2.24, 2.45) is 0 Å². The second-order valence-corrected chi connectivity index (χ2v) is 7.81. The molecule has 5 heteroatoms. The zero-order valence-corrected chi connectivity index (χ0v) is 18.7. The lowest BCUT2D eigenvalue weighted by molar-refractivity contribution is -0.120. The van der Waals surface area contributed by atoms with Gasteiger partial charge in [0.1, 0.15) is 11.4 Å². The van der Waals surface area contributed by atoms with Crippen LogP contribution in [-0.2, 0) is 9.59 Å². The smallest absolute Gasteiger partial charge is 0.282 e. The lowest BCUT2D eigenvalue weighted by atomic mass is 10.0. The maximum Gasteiger partial charge on any atom is 0.282 e. The van der Waals surface area contributed by atoms with E-state index < -0.39 is 0 Å². The second-order valence-electron chi connectivity index (χ2n) is 7.81. The Morgan fingerprint density at radius 3 is 2.19 bits per heavy atom. The molecule has 0 atom stereocenters. The molecule has 162 valence electrons. The number of ether oxygens (including phenoxy) is 1. The monoisotopic (exact) mass is 426 g/mol. The third-order valence-electron chi connectivity index (χ3n) is 5.76. The minimum atomic E-state index is -0.365. The van der Waals surface area contributed by atoms with Crippen molar-refractivity contribution in [1.29, 1.82) is 0 Å². The van der Waals surface area contributed by atoms with Crippen LogP contribution in [0.3, 0.4) is 0 Å². The van der Waals surface area contributed by atoms with E-state index in [1.807, 2.05) is 94.4 Å². The summed E-state index contributed by atoms with van der Waals surface area (Å²) in [4.78, 5) is 28.5. The summed E-state index contributed by atoms with van der Waals surface area (Å²) in [6.45, 7) is 8.33. The Bertz CT molecular complexity index is 1230. The maximum absolute atomic E-state index is 13.7. The Kier molecular flexibility index (Phi) is 5.82. The predicted molar refractivity (Wildman–Crippen MR) is 128 cm³/mol. The molecule has 2 amide bonds. The molecule has 5 nitrogen and oxygen atoms in total. The first-order chi connectivity index (χ1) is 15.4. The molecule has 0 saturated heterocycles. The molecule has 0 aliphatic carbocycles. The van der Waals surface area contributed by atoms with E-state index in [4.69, 9.17) is 4.74 Å². The number of anilines is 2. The second kappa shape index (κ2) is 8.71. The number of rotatable bonds is 6. The highest BCUT2D eigenvalue weighted by Crippen LogP contribution is 2.36. The van der Waals surface area contributed by atoms with Gasteiger partial charge < -0.3 is 10.1 Å². The standard InChI is InChI=1S/C27H26N2O3/c1-5-32-21-15-13-20(14-16-21)24-25(28-22-11-7-6-9-18(22)3)27(31)29(26(24)30)23-12-8-10-17(2)19(23)4/h6-16,28H,5H2,1-4H3. The Morgan fingerprint density at radius 2 is 1.50 bits per heavy atom. The Labute approximate surface area is 188 Å². The van der Waals surface area contributed by atoms with E-state index in [-0.39, 0.29) is 17.5 Å². The summed E-state index contributed by atoms with van der Waals surface area (Å²) in [6.07, 6.45) is 0. The van der Waals surface area contributed by atoms with Crippen LogP contribution in [0.1, 0.15) is 29.2 Å². The zero-order valence-electron chi connectivity index (χ0n) is 18.7. The molecule has 1 heterocycles. The van der Waals surface area contributed by atoms with Gasteiger partial charge in [0.15, 0.2) is 0 Å². The van der Waals surface area contributed by atoms with Gasteiger partial charge in [0, 0.05) is 5.69 Å². The third kappa shape index (κ3) is 3.78. The summed E-state index contributed by atoms with van der Waals surface area (Å²) in [6, 6.07) is 20.6. The number of nitrogens with zero attached hydrogens (tertiary/aromatic N) is 1. The Hall–Kier alpha value is -3.86. The lowest BCUT2D eigenvalue weighted by Crippen LogP contribution is -2.33. The molecule has 32 heavy (non-hydrogen) atoms. The number of amides is 2. The van der Waals surface area contributed by atoms with Gasteiger partial charge in [0.25, 0.3) is 11.8 Å². The number of carbonyl (C=O) groups excluding carboxylic acids is 2. The largest absolute Gasteiger partial charge is 0.494 e. The summed E-state index contributed by atoms with van der Waals surface area (Å²) in [5.41, 5.74) is 5.58. The fourth-order valence-corrected chi connectivity index (χ4v) is 3.84. The van der Waals surface area contributed by atoms with Crippen LogP contribution in [0.2, 0.25) is 0 Å². The molecule has 1 N–H and O–H groups in total. The van der Waals surface area contributed by atoms with Crippen molar-refractivity contribution in [2.45, 2.75) is 27.7 Å². The SMILES string of the molecule is CCOc1ccc(C2=C(Nc3ccccc3C)C(=O)N(c3cccc(C)c3C)C2=O)cc1. The molecule has 0 aromatic heterocycles. The van der Waals surface area contributed by atoms with E-state index >= 15 is 0 Å². The maximum atomic E-state index is 13.7. The Balaban J connectivity index is 1.84. The van der Waals surface area contributed by atoms with Crippen LogP contribution in [0.25, 0.3) is 5.57 Å². The molecule has 0 spiro atoms. The van der Waals surface area contributed by atoms with E-state index in [0.29, 0.717) is 29.2 Å². The van der Waals surface area contributed by atoms with Gasteiger partial charge in [-0.3, -0.25) is 9.59 Å². The summed E-state index contributed by atoms with van der Waals surface area (Å²) in [5.74, 6) is 0.00759. The first-order valence-corrected chi connectivity index (χ1v) is 10.7. The highest BCUT2D eigenvalue weighted by molar-refractivity contribution is 6.46. The van der Waals surface area contributed by atoms with E-state index in [1.54, 1.807) is 0 Å². The number of para-hydroxylation sites is 1. The fourth-order valence-electron chi connectivity index (χ4n) is 3.84. The number of nitrogens with one attached hydrogen (secondary N) is 1. The van der Waals surface area contributed by atoms with Crippen LogP contribution in [0.15, 0.2) is 72.4 Å². The van der Waals surface area contributed by atoms with E-state index in [2.05, 4.69) is 5.32 Å². The molecule has 1 aliphatic rings. The molecular weight excluding hydrogens is 400 g/mol. The van der Waals surface area contributed by atoms with Gasteiger partial charge in [0.05, 0.1) is 17.9 Å². The number of aryl methyl sites for hydroxylation is 2. The van der Waals surface area contributed by atoms with Crippen LogP contribution < -0.4 is 15.0 Å². The lowest BCUT2D eigenvalue weighted by Gasteiger charge is -2.19. The van der Waals surface area contributed by atoms with Crippen LogP contribution in [-0.4, -0.2) is 18.4 Å². The third-order valence-corrected chi connectivity index (χ3v) is 5.76. The van der Waals surface area contributed by atoms with Gasteiger partial charge in [-0.1, -0.05) is 42.5 Å². The predicted octanol–water partition coefficient (Wildman–Crippen LogP) is 5.41. The molecule has 0 radical (unpaired) electrons. The van der Waals surface area contributed by atoms with E-state index in [1.165, 1.54) is 4.90 Å². The highest BCUT2D eigenvalue weighted by atomic mass is 16.5. The Morgan fingerprint density at radius 1 is 0.812 bits per heavy atom.